The van der Waals surface area contributed by atoms with E-state index in [1.54, 1.807) is 6.08 Å². The van der Waals surface area contributed by atoms with Gasteiger partial charge in [-0.15, -0.1) is 6.58 Å². The molecule has 17 heavy (non-hydrogen) atoms. The molecule has 0 N–H and O–H groups in total. The fourth-order valence-corrected chi connectivity index (χ4v) is 2.21. The Morgan fingerprint density at radius 3 is 1.82 bits per heavy atom. The SMILES string of the molecule is C=CCOP(OCCCCC)OCCCCC. The van der Waals surface area contributed by atoms with Crippen molar-refractivity contribution in [1.82, 2.24) is 0 Å². The van der Waals surface area contributed by atoms with Crippen LogP contribution in [-0.2, 0) is 13.6 Å². The fourth-order valence-electron chi connectivity index (χ4n) is 1.21. The van der Waals surface area contributed by atoms with Crippen LogP contribution in [0.4, 0.5) is 0 Å². The zero-order valence-electron chi connectivity index (χ0n) is 11.3. The van der Waals surface area contributed by atoms with Crippen LogP contribution in [0.2, 0.25) is 0 Å². The van der Waals surface area contributed by atoms with Crippen molar-refractivity contribution in [2.45, 2.75) is 52.4 Å². The Hall–Kier alpha value is 0.0500. The summed E-state index contributed by atoms with van der Waals surface area (Å²) in [6, 6.07) is 0. The topological polar surface area (TPSA) is 27.7 Å². The average Bonchev–Trinajstić information content (AvgIpc) is 2.35. The molecule has 0 aliphatic carbocycles. The number of hydrogen-bond acceptors (Lipinski definition) is 3. The summed E-state index contributed by atoms with van der Waals surface area (Å²) in [6.45, 7) is 9.93. The third-order valence-corrected chi connectivity index (χ3v) is 3.33. The molecule has 0 aliphatic rings. The summed E-state index contributed by atoms with van der Waals surface area (Å²) < 4.78 is 16.7. The predicted octanol–water partition coefficient (Wildman–Crippen LogP) is 4.83. The molecule has 0 atom stereocenters. The van der Waals surface area contributed by atoms with Gasteiger partial charge < -0.3 is 13.6 Å². The van der Waals surface area contributed by atoms with Crippen LogP contribution in [0.25, 0.3) is 0 Å². The molecule has 0 aliphatic heterocycles. The second kappa shape index (κ2) is 14.1. The lowest BCUT2D eigenvalue weighted by Crippen LogP contribution is -1.99. The summed E-state index contributed by atoms with van der Waals surface area (Å²) in [5.41, 5.74) is 0. The van der Waals surface area contributed by atoms with Crippen LogP contribution in [0, 0.1) is 0 Å². The van der Waals surface area contributed by atoms with Crippen LogP contribution >= 0.6 is 8.60 Å². The molecule has 0 bridgehead atoms. The molecule has 0 unspecified atom stereocenters. The van der Waals surface area contributed by atoms with E-state index in [0.717, 1.165) is 26.1 Å². The summed E-state index contributed by atoms with van der Waals surface area (Å²) in [7, 11) is -1.17. The molecule has 0 aromatic carbocycles. The highest BCUT2D eigenvalue weighted by atomic mass is 31.2. The maximum Gasteiger partial charge on any atom is 0.332 e. The first kappa shape index (κ1) is 17.1. The highest BCUT2D eigenvalue weighted by Crippen LogP contribution is 2.39. The van der Waals surface area contributed by atoms with Gasteiger partial charge in [-0.2, -0.15) is 0 Å². The Morgan fingerprint density at radius 1 is 0.882 bits per heavy atom. The minimum atomic E-state index is -1.17. The Balaban J connectivity index is 3.59. The van der Waals surface area contributed by atoms with Crippen LogP contribution in [0.1, 0.15) is 52.4 Å². The van der Waals surface area contributed by atoms with Crippen molar-refractivity contribution < 1.29 is 13.6 Å². The van der Waals surface area contributed by atoms with Crippen LogP contribution in [-0.4, -0.2) is 19.8 Å². The van der Waals surface area contributed by atoms with Crippen molar-refractivity contribution in [1.29, 1.82) is 0 Å². The fraction of sp³-hybridized carbons (Fsp3) is 0.846. The smallest absolute Gasteiger partial charge is 0.312 e. The van der Waals surface area contributed by atoms with Crippen molar-refractivity contribution in [3.05, 3.63) is 12.7 Å². The lowest BCUT2D eigenvalue weighted by molar-refractivity contribution is 0.166. The summed E-state index contributed by atoms with van der Waals surface area (Å²) in [5.74, 6) is 0. The van der Waals surface area contributed by atoms with Gasteiger partial charge in [-0.25, -0.2) is 0 Å². The lowest BCUT2D eigenvalue weighted by Gasteiger charge is -2.15. The van der Waals surface area contributed by atoms with Gasteiger partial charge >= 0.3 is 8.60 Å². The monoisotopic (exact) mass is 262 g/mol. The van der Waals surface area contributed by atoms with E-state index >= 15 is 0 Å². The first-order valence-electron chi connectivity index (χ1n) is 6.64. The molecule has 0 aromatic heterocycles. The summed E-state index contributed by atoms with van der Waals surface area (Å²) in [6.07, 6.45) is 8.66. The Bertz CT molecular complexity index is 153. The van der Waals surface area contributed by atoms with E-state index in [1.807, 2.05) is 0 Å². The molecule has 4 heteroatoms. The highest BCUT2D eigenvalue weighted by Gasteiger charge is 2.11. The zero-order chi connectivity index (χ0) is 12.8. The molecule has 102 valence electrons. The first-order valence-corrected chi connectivity index (χ1v) is 7.74. The van der Waals surface area contributed by atoms with Gasteiger partial charge in [0.05, 0.1) is 19.8 Å². The lowest BCUT2D eigenvalue weighted by atomic mass is 10.3. The minimum Gasteiger partial charge on any atom is -0.312 e. The predicted molar refractivity (Wildman–Crippen MR) is 74.0 cm³/mol. The molecule has 0 rings (SSSR count). The third kappa shape index (κ3) is 12.3. The average molecular weight is 262 g/mol. The molecule has 3 nitrogen and oxygen atoms in total. The Labute approximate surface area is 108 Å². The maximum atomic E-state index is 5.60. The first-order chi connectivity index (χ1) is 8.35. The molecule has 0 amide bonds. The van der Waals surface area contributed by atoms with Gasteiger partial charge in [0.2, 0.25) is 0 Å². The van der Waals surface area contributed by atoms with Crippen LogP contribution < -0.4 is 0 Å². The maximum absolute atomic E-state index is 5.60. The Morgan fingerprint density at radius 2 is 1.41 bits per heavy atom. The summed E-state index contributed by atoms with van der Waals surface area (Å²) in [5, 5.41) is 0. The molecule has 0 spiro atoms. The van der Waals surface area contributed by atoms with E-state index in [2.05, 4.69) is 20.4 Å². The van der Waals surface area contributed by atoms with Gasteiger partial charge in [0, 0.05) is 0 Å². The van der Waals surface area contributed by atoms with E-state index < -0.39 is 8.60 Å². The molecule has 0 saturated carbocycles. The van der Waals surface area contributed by atoms with E-state index in [4.69, 9.17) is 13.6 Å². The largest absolute Gasteiger partial charge is 0.332 e. The summed E-state index contributed by atoms with van der Waals surface area (Å²) in [4.78, 5) is 0. The van der Waals surface area contributed by atoms with Crippen LogP contribution in [0.3, 0.4) is 0 Å². The van der Waals surface area contributed by atoms with Crippen molar-refractivity contribution in [2.75, 3.05) is 19.8 Å². The number of rotatable bonds is 13. The molecular weight excluding hydrogens is 235 g/mol. The molecule has 0 aromatic rings. The normalized spacial score (nSPS) is 11.0. The van der Waals surface area contributed by atoms with E-state index in [-0.39, 0.29) is 0 Å². The molecular formula is C13H27O3P. The molecule has 0 heterocycles. The van der Waals surface area contributed by atoms with Gasteiger partial charge in [-0.1, -0.05) is 45.6 Å². The number of hydrogen-bond donors (Lipinski definition) is 0. The van der Waals surface area contributed by atoms with E-state index in [0.29, 0.717) is 6.61 Å². The van der Waals surface area contributed by atoms with Crippen molar-refractivity contribution in [3.63, 3.8) is 0 Å². The second-order valence-corrected chi connectivity index (χ2v) is 5.11. The van der Waals surface area contributed by atoms with Gasteiger partial charge in [-0.05, 0) is 12.8 Å². The van der Waals surface area contributed by atoms with Gasteiger partial charge in [-0.3, -0.25) is 0 Å². The summed E-state index contributed by atoms with van der Waals surface area (Å²) >= 11 is 0. The number of unbranched alkanes of at least 4 members (excludes halogenated alkanes) is 4. The standard InChI is InChI=1S/C13H27O3P/c1-4-7-9-12-15-17(14-11-6-3)16-13-10-8-5-2/h6H,3-5,7-13H2,1-2H3. The van der Waals surface area contributed by atoms with Crippen molar-refractivity contribution in [3.8, 4) is 0 Å². The van der Waals surface area contributed by atoms with E-state index in [9.17, 15) is 0 Å². The third-order valence-electron chi connectivity index (χ3n) is 2.19. The molecule has 0 fully saturated rings. The highest BCUT2D eigenvalue weighted by molar-refractivity contribution is 7.41. The van der Waals surface area contributed by atoms with Crippen LogP contribution in [0.15, 0.2) is 12.7 Å². The van der Waals surface area contributed by atoms with Crippen LogP contribution in [0.5, 0.6) is 0 Å². The van der Waals surface area contributed by atoms with Crippen molar-refractivity contribution >= 4 is 8.60 Å². The quantitative estimate of drug-likeness (QED) is 0.270. The van der Waals surface area contributed by atoms with Crippen molar-refractivity contribution in [2.24, 2.45) is 0 Å². The van der Waals surface area contributed by atoms with Gasteiger partial charge in [0.25, 0.3) is 0 Å². The van der Waals surface area contributed by atoms with Gasteiger partial charge in [0.15, 0.2) is 0 Å². The second-order valence-electron chi connectivity index (χ2n) is 3.89. The van der Waals surface area contributed by atoms with Gasteiger partial charge in [0.1, 0.15) is 0 Å². The zero-order valence-corrected chi connectivity index (χ0v) is 12.2. The molecule has 0 radical (unpaired) electrons. The Kier molecular flexibility index (Phi) is 14.2. The molecule has 0 saturated heterocycles. The minimum absolute atomic E-state index is 0.493. The van der Waals surface area contributed by atoms with E-state index in [1.165, 1.54) is 25.7 Å².